The fourth-order valence-electron chi connectivity index (χ4n) is 10.2. The van der Waals surface area contributed by atoms with Gasteiger partial charge in [-0.25, -0.2) is 4.79 Å². The lowest BCUT2D eigenvalue weighted by Gasteiger charge is -2.33. The molecular weight excluding hydrogens is 1030 g/mol. The Hall–Kier alpha value is -6.25. The van der Waals surface area contributed by atoms with Gasteiger partial charge in [0.25, 0.3) is 0 Å². The third kappa shape index (κ3) is 19.8. The Labute approximate surface area is 460 Å². The predicted molar refractivity (Wildman–Crippen MR) is 284 cm³/mol. The molecular formula is C54H84N8O17. The summed E-state index contributed by atoms with van der Waals surface area (Å²) in [4.78, 5) is 125. The van der Waals surface area contributed by atoms with Gasteiger partial charge in [-0.1, -0.05) is 71.8 Å². The summed E-state index contributed by atoms with van der Waals surface area (Å²) in [6.07, 6.45) is -2.23. The number of nitrogens with two attached hydrogens (primary N) is 1. The van der Waals surface area contributed by atoms with Crippen LogP contribution in [0.4, 0.5) is 0 Å². The highest BCUT2D eigenvalue weighted by atomic mass is 16.5. The van der Waals surface area contributed by atoms with Gasteiger partial charge in [0.05, 0.1) is 50.2 Å². The molecule has 3 saturated heterocycles. The Morgan fingerprint density at radius 2 is 1.44 bits per heavy atom. The maximum Gasteiger partial charge on any atom is 0.330 e. The average Bonchev–Trinajstić information content (AvgIpc) is 4.03. The lowest BCUT2D eigenvalue weighted by molar-refractivity contribution is -0.147. The first-order valence-corrected chi connectivity index (χ1v) is 27.4. The number of carbonyl (C=O) groups is 9. The standard InChI is InChI=1S/C54H84N8O17/c1-6-29(2)21-30(3)13-11-9-7-8-10-12-14-43(71)57-36-24-34(64)27-56-52(76)48-39(67)19-20-61(48)54(78)47(41(69)26-42(55)70)60-51(75)46(40(68)23-32-15-17-38(66)33(22-32)16-18-44(72)79-5)59-50(74)37-25-35(65)28-62(37)53(77)45(31(4)63)58-49(36)73/h15-18,22,29-31,34-37,39-41,45-48,63-69H,6-14,19-21,23-28H2,1-5H3,(H2,55,70)(H,56,76)(H,57,71)(H,58,73)(H,59,74)(H,60,75)/b18-16+/t29?,30?,31-,34-,35-,36-,37+,39+,40+,41+,45+,46+,47+,48+/m1/s1. The van der Waals surface area contributed by atoms with Gasteiger partial charge in [0, 0.05) is 57.0 Å². The number of fused-ring (bicyclic) bond motifs is 2. The molecule has 14 N–H and O–H groups in total. The zero-order chi connectivity index (χ0) is 58.7. The summed E-state index contributed by atoms with van der Waals surface area (Å²) in [5, 5.41) is 89.9. The van der Waals surface area contributed by atoms with Crippen molar-refractivity contribution >= 4 is 59.3 Å². The smallest absolute Gasteiger partial charge is 0.330 e. The van der Waals surface area contributed by atoms with Crippen molar-refractivity contribution in [2.75, 3.05) is 26.7 Å². The molecule has 25 heteroatoms. The van der Waals surface area contributed by atoms with Gasteiger partial charge < -0.3 is 82.6 Å². The first kappa shape index (κ1) is 65.3. The Kier molecular flexibility index (Phi) is 26.0. The van der Waals surface area contributed by atoms with Crippen LogP contribution in [-0.4, -0.2) is 198 Å². The Morgan fingerprint density at radius 1 is 0.797 bits per heavy atom. The number of hydrogen-bond acceptors (Lipinski definition) is 17. The zero-order valence-corrected chi connectivity index (χ0v) is 45.9. The van der Waals surface area contributed by atoms with Gasteiger partial charge in [-0.15, -0.1) is 0 Å². The second-order valence-corrected chi connectivity index (χ2v) is 21.5. The third-order valence-corrected chi connectivity index (χ3v) is 14.8. The molecule has 25 nitrogen and oxygen atoms in total. The van der Waals surface area contributed by atoms with E-state index in [-0.39, 0.29) is 36.3 Å². The normalized spacial score (nSPS) is 26.8. The summed E-state index contributed by atoms with van der Waals surface area (Å²) in [6.45, 7) is 6.35. The molecule has 442 valence electrons. The Morgan fingerprint density at radius 3 is 2.10 bits per heavy atom. The number of phenolic OH excluding ortho intramolecular Hbond substituents is 1. The van der Waals surface area contributed by atoms with Crippen LogP contribution in [0, 0.1) is 11.8 Å². The van der Waals surface area contributed by atoms with Crippen molar-refractivity contribution in [3.8, 4) is 5.75 Å². The van der Waals surface area contributed by atoms with Crippen molar-refractivity contribution in [3.05, 3.63) is 35.4 Å². The quantitative estimate of drug-likeness (QED) is 0.0340. The zero-order valence-electron chi connectivity index (χ0n) is 45.9. The number of β-amino-alcohol motifs (C(OH)–C–C–N with tert-alkyl or cyclic N) is 1. The molecule has 8 amide bonds. The van der Waals surface area contributed by atoms with E-state index >= 15 is 0 Å². The number of aliphatic hydroxyl groups is 6. The van der Waals surface area contributed by atoms with Gasteiger partial charge in [0.2, 0.25) is 47.3 Å². The number of methoxy groups -OCH3 is 1. The van der Waals surface area contributed by atoms with Gasteiger partial charge in [-0.3, -0.25) is 38.4 Å². The number of amides is 8. The number of carbonyl (C=O) groups excluding carboxylic acids is 9. The minimum atomic E-state index is -2.16. The number of benzene rings is 1. The number of nitrogens with one attached hydrogen (secondary N) is 5. The van der Waals surface area contributed by atoms with E-state index in [0.29, 0.717) is 24.7 Å². The molecule has 3 fully saturated rings. The second-order valence-electron chi connectivity index (χ2n) is 21.5. The number of aliphatic hydroxyl groups excluding tert-OH is 6. The lowest BCUT2D eigenvalue weighted by atomic mass is 9.91. The number of phenols is 1. The highest BCUT2D eigenvalue weighted by Crippen LogP contribution is 2.26. The monoisotopic (exact) mass is 1120 g/mol. The summed E-state index contributed by atoms with van der Waals surface area (Å²) < 4.78 is 4.60. The molecule has 0 aromatic heterocycles. The lowest BCUT2D eigenvalue weighted by Crippen LogP contribution is -2.64. The first-order valence-electron chi connectivity index (χ1n) is 27.4. The Balaban J connectivity index is 1.69. The number of ether oxygens (including phenoxy) is 1. The molecule has 3 aliphatic heterocycles. The number of hydrogen-bond donors (Lipinski definition) is 13. The van der Waals surface area contributed by atoms with Crippen LogP contribution in [-0.2, 0) is 54.3 Å². The van der Waals surface area contributed by atoms with Crippen LogP contribution < -0.4 is 32.3 Å². The van der Waals surface area contributed by atoms with E-state index < -0.39 is 165 Å². The second kappa shape index (κ2) is 31.5. The number of unbranched alkanes of at least 4 members (excludes halogenated alkanes) is 5. The largest absolute Gasteiger partial charge is 0.507 e. The topological polar surface area (TPSA) is 397 Å². The molecule has 3 heterocycles. The number of aromatic hydroxyl groups is 1. The molecule has 4 rings (SSSR count). The molecule has 0 bridgehead atoms. The molecule has 2 unspecified atom stereocenters. The van der Waals surface area contributed by atoms with Crippen molar-refractivity contribution < 1.29 is 83.6 Å². The molecule has 0 aliphatic carbocycles. The van der Waals surface area contributed by atoms with E-state index in [1.165, 1.54) is 30.7 Å². The fourth-order valence-corrected chi connectivity index (χ4v) is 10.2. The minimum Gasteiger partial charge on any atom is -0.507 e. The molecule has 0 saturated carbocycles. The minimum absolute atomic E-state index is 0.0141. The summed E-state index contributed by atoms with van der Waals surface area (Å²) in [7, 11) is 1.13. The van der Waals surface area contributed by atoms with Gasteiger partial charge >= 0.3 is 5.97 Å². The summed E-state index contributed by atoms with van der Waals surface area (Å²) in [6, 6.07) is -7.28. The predicted octanol–water partition coefficient (Wildman–Crippen LogP) is -1.96. The van der Waals surface area contributed by atoms with E-state index in [2.05, 4.69) is 52.1 Å². The van der Waals surface area contributed by atoms with E-state index in [0.717, 1.165) is 68.4 Å². The van der Waals surface area contributed by atoms with Crippen molar-refractivity contribution in [3.63, 3.8) is 0 Å². The van der Waals surface area contributed by atoms with E-state index in [1.54, 1.807) is 0 Å². The van der Waals surface area contributed by atoms with Crippen LogP contribution in [0.3, 0.4) is 0 Å². The molecule has 3 aliphatic rings. The van der Waals surface area contributed by atoms with Crippen molar-refractivity contribution in [2.45, 2.75) is 197 Å². The average molecular weight is 1120 g/mol. The van der Waals surface area contributed by atoms with Crippen molar-refractivity contribution in [1.82, 2.24) is 36.4 Å². The number of esters is 1. The molecule has 0 spiro atoms. The molecule has 79 heavy (non-hydrogen) atoms. The summed E-state index contributed by atoms with van der Waals surface area (Å²) in [5.41, 5.74) is 5.64. The van der Waals surface area contributed by atoms with Crippen LogP contribution >= 0.6 is 0 Å². The highest BCUT2D eigenvalue weighted by Gasteiger charge is 2.48. The molecule has 1 aromatic rings. The number of nitrogens with zero attached hydrogens (tertiary/aromatic N) is 2. The van der Waals surface area contributed by atoms with Crippen molar-refractivity contribution in [1.29, 1.82) is 0 Å². The summed E-state index contributed by atoms with van der Waals surface area (Å²) in [5.74, 6) is -8.47. The molecule has 1 aromatic carbocycles. The third-order valence-electron chi connectivity index (χ3n) is 14.8. The van der Waals surface area contributed by atoms with Crippen LogP contribution in [0.25, 0.3) is 6.08 Å². The van der Waals surface area contributed by atoms with Gasteiger partial charge in [-0.05, 0) is 61.8 Å². The molecule has 0 radical (unpaired) electrons. The number of rotatable bonds is 22. The van der Waals surface area contributed by atoms with Crippen LogP contribution in [0.2, 0.25) is 0 Å². The fraction of sp³-hybridized carbons (Fsp3) is 0.685. The van der Waals surface area contributed by atoms with E-state index in [4.69, 9.17) is 5.73 Å². The van der Waals surface area contributed by atoms with Crippen LogP contribution in [0.5, 0.6) is 5.75 Å². The van der Waals surface area contributed by atoms with Crippen LogP contribution in [0.1, 0.15) is 129 Å². The SMILES string of the molecule is CCC(C)CC(C)CCCCCCCCC(=O)N[C@@H]1C[C@@H](O)CNC(=O)[C@@H]2[C@@H](O)CCN2C(=O)[C@H]([C@@H](O)CC(N)=O)NC(=O)[C@H]([C@@H](O)Cc2ccc(O)c(/C=C/C(=O)OC)c2)NC(=O)[C@@H]2C[C@@H](O)CN2C(=O)[C@H]([C@@H](C)O)NC1=O. The van der Waals surface area contributed by atoms with Crippen LogP contribution in [0.15, 0.2) is 24.3 Å². The Bertz CT molecular complexity index is 2300. The van der Waals surface area contributed by atoms with Crippen molar-refractivity contribution in [2.24, 2.45) is 17.6 Å². The van der Waals surface area contributed by atoms with Gasteiger partial charge in [0.15, 0.2) is 0 Å². The van der Waals surface area contributed by atoms with E-state index in [1.807, 2.05) is 0 Å². The van der Waals surface area contributed by atoms with E-state index in [9.17, 15) is 78.9 Å². The maximum atomic E-state index is 14.5. The van der Waals surface area contributed by atoms with Gasteiger partial charge in [-0.2, -0.15) is 0 Å². The molecule has 14 atom stereocenters. The van der Waals surface area contributed by atoms with Gasteiger partial charge in [0.1, 0.15) is 42.0 Å². The first-order chi connectivity index (χ1) is 37.3. The highest BCUT2D eigenvalue weighted by molar-refractivity contribution is 5.98. The summed E-state index contributed by atoms with van der Waals surface area (Å²) >= 11 is 0. The maximum absolute atomic E-state index is 14.5. The number of primary amides is 1.